The van der Waals surface area contributed by atoms with Crippen LogP contribution in [0.15, 0.2) is 73.8 Å². The lowest BCUT2D eigenvalue weighted by Crippen LogP contribution is -2.21. The van der Waals surface area contributed by atoms with Crippen molar-refractivity contribution in [2.45, 2.75) is 25.0 Å². The molecule has 6 heteroatoms. The van der Waals surface area contributed by atoms with E-state index in [1.54, 1.807) is 24.3 Å². The summed E-state index contributed by atoms with van der Waals surface area (Å²) in [5.41, 5.74) is 1.46. The minimum atomic E-state index is -0.951. The molecule has 0 aliphatic rings. The van der Waals surface area contributed by atoms with Crippen LogP contribution in [0.3, 0.4) is 0 Å². The molecule has 0 amide bonds. The topological polar surface area (TPSA) is 93.1 Å². The van der Waals surface area contributed by atoms with E-state index in [4.69, 9.17) is 9.47 Å². The molecule has 2 atom stereocenters. The third-order valence-electron chi connectivity index (χ3n) is 4.26. The van der Waals surface area contributed by atoms with Crippen LogP contribution in [0, 0.1) is 0 Å². The molecule has 0 aliphatic carbocycles. The highest BCUT2D eigenvalue weighted by atomic mass is 16.5. The number of allylic oxidation sites excluding steroid dienone is 2. The number of aliphatic hydroxyl groups is 2. The Bertz CT molecular complexity index is 815. The minimum Gasteiger partial charge on any atom is -0.490 e. The van der Waals surface area contributed by atoms with E-state index in [-0.39, 0.29) is 37.6 Å². The van der Waals surface area contributed by atoms with Gasteiger partial charge in [0, 0.05) is 24.0 Å². The maximum absolute atomic E-state index is 11.4. The van der Waals surface area contributed by atoms with Gasteiger partial charge in [-0.1, -0.05) is 49.6 Å². The van der Waals surface area contributed by atoms with Crippen LogP contribution in [-0.2, 0) is 9.59 Å². The molecule has 6 nitrogen and oxygen atoms in total. The number of ether oxygens (including phenoxy) is 2. The van der Waals surface area contributed by atoms with Crippen LogP contribution in [0.5, 0.6) is 11.5 Å². The summed E-state index contributed by atoms with van der Waals surface area (Å²) in [5.74, 6) is 0.514. The first-order valence-electron chi connectivity index (χ1n) is 9.55. The van der Waals surface area contributed by atoms with Gasteiger partial charge in [-0.05, 0) is 24.3 Å². The van der Waals surface area contributed by atoms with Crippen molar-refractivity contribution in [1.82, 2.24) is 0 Å². The van der Waals surface area contributed by atoms with Crippen molar-refractivity contribution in [2.75, 3.05) is 13.2 Å². The predicted molar refractivity (Wildman–Crippen MR) is 115 cm³/mol. The first-order valence-corrected chi connectivity index (χ1v) is 9.55. The number of para-hydroxylation sites is 2. The van der Waals surface area contributed by atoms with Crippen LogP contribution in [0.2, 0.25) is 0 Å². The molecular formula is C24H26O6. The van der Waals surface area contributed by atoms with Gasteiger partial charge < -0.3 is 19.7 Å². The number of hydrogen-bond donors (Lipinski definition) is 2. The SMILES string of the molecule is C=CC(=O)CC(O)COc1ccccc1-c1ccccc1OCC(O)CC(=O)C=C. The van der Waals surface area contributed by atoms with Crippen LogP contribution in [0.4, 0.5) is 0 Å². The Morgan fingerprint density at radius 3 is 1.50 bits per heavy atom. The Hall–Kier alpha value is -3.22. The number of carbonyl (C=O) groups excluding carboxylic acids is 2. The summed E-state index contributed by atoms with van der Waals surface area (Å²) in [6.07, 6.45) is 0.309. The first kappa shape index (κ1) is 23.1. The van der Waals surface area contributed by atoms with E-state index in [0.717, 1.165) is 11.1 Å². The van der Waals surface area contributed by atoms with E-state index < -0.39 is 12.2 Å². The molecule has 2 aromatic rings. The number of rotatable bonds is 13. The molecule has 158 valence electrons. The molecule has 0 fully saturated rings. The summed E-state index contributed by atoms with van der Waals surface area (Å²) in [4.78, 5) is 22.8. The first-order chi connectivity index (χ1) is 14.4. The van der Waals surface area contributed by atoms with E-state index in [1.165, 1.54) is 12.2 Å². The van der Waals surface area contributed by atoms with Crippen molar-refractivity contribution in [1.29, 1.82) is 0 Å². The summed E-state index contributed by atoms with van der Waals surface area (Å²) < 4.78 is 11.5. The Kier molecular flexibility index (Phi) is 9.00. The predicted octanol–water partition coefficient (Wildman–Crippen LogP) is 3.12. The smallest absolute Gasteiger partial charge is 0.157 e. The number of aliphatic hydroxyl groups excluding tert-OH is 2. The Morgan fingerprint density at radius 1 is 0.767 bits per heavy atom. The molecule has 0 radical (unpaired) electrons. The summed E-state index contributed by atoms with van der Waals surface area (Å²) in [5, 5.41) is 20.0. The third kappa shape index (κ3) is 6.99. The lowest BCUT2D eigenvalue weighted by atomic mass is 10.0. The van der Waals surface area contributed by atoms with E-state index in [0.29, 0.717) is 11.5 Å². The van der Waals surface area contributed by atoms with Gasteiger partial charge in [-0.25, -0.2) is 0 Å². The average molecular weight is 410 g/mol. The molecule has 0 bridgehead atoms. The van der Waals surface area contributed by atoms with E-state index in [1.807, 2.05) is 24.3 Å². The minimum absolute atomic E-state index is 0.0536. The second-order valence-electron chi connectivity index (χ2n) is 6.67. The van der Waals surface area contributed by atoms with Crippen LogP contribution < -0.4 is 9.47 Å². The van der Waals surface area contributed by atoms with Crippen LogP contribution in [-0.4, -0.2) is 47.2 Å². The Morgan fingerprint density at radius 2 is 1.13 bits per heavy atom. The van der Waals surface area contributed by atoms with Crippen LogP contribution in [0.1, 0.15) is 12.8 Å². The van der Waals surface area contributed by atoms with Gasteiger partial charge in [-0.3, -0.25) is 9.59 Å². The number of carbonyl (C=O) groups is 2. The summed E-state index contributed by atoms with van der Waals surface area (Å²) in [6, 6.07) is 14.5. The molecule has 30 heavy (non-hydrogen) atoms. The normalized spacial score (nSPS) is 12.5. The molecule has 0 saturated carbocycles. The molecule has 0 heterocycles. The maximum atomic E-state index is 11.4. The molecule has 2 aromatic carbocycles. The van der Waals surface area contributed by atoms with Crippen molar-refractivity contribution in [3.05, 3.63) is 73.8 Å². The van der Waals surface area contributed by atoms with Gasteiger partial charge in [0.25, 0.3) is 0 Å². The highest BCUT2D eigenvalue weighted by Gasteiger charge is 2.15. The molecule has 0 saturated heterocycles. The van der Waals surface area contributed by atoms with Gasteiger partial charge in [-0.2, -0.15) is 0 Å². The van der Waals surface area contributed by atoms with Gasteiger partial charge in [0.2, 0.25) is 0 Å². The van der Waals surface area contributed by atoms with Crippen LogP contribution in [0.25, 0.3) is 11.1 Å². The second-order valence-corrected chi connectivity index (χ2v) is 6.67. The summed E-state index contributed by atoms with van der Waals surface area (Å²) in [6.45, 7) is 6.67. The van der Waals surface area contributed by atoms with Crippen molar-refractivity contribution in [2.24, 2.45) is 0 Å². The molecule has 0 aliphatic heterocycles. The largest absolute Gasteiger partial charge is 0.490 e. The van der Waals surface area contributed by atoms with E-state index in [9.17, 15) is 19.8 Å². The number of benzene rings is 2. The maximum Gasteiger partial charge on any atom is 0.157 e. The van der Waals surface area contributed by atoms with Crippen molar-refractivity contribution >= 4 is 11.6 Å². The Labute approximate surface area is 176 Å². The van der Waals surface area contributed by atoms with Crippen molar-refractivity contribution in [3.63, 3.8) is 0 Å². The number of ketones is 2. The fraction of sp³-hybridized carbons (Fsp3) is 0.250. The highest BCUT2D eigenvalue weighted by Crippen LogP contribution is 2.36. The van der Waals surface area contributed by atoms with Gasteiger partial charge in [0.1, 0.15) is 24.7 Å². The van der Waals surface area contributed by atoms with Gasteiger partial charge in [0.15, 0.2) is 11.6 Å². The third-order valence-corrected chi connectivity index (χ3v) is 4.26. The van der Waals surface area contributed by atoms with Gasteiger partial charge >= 0.3 is 0 Å². The fourth-order valence-electron chi connectivity index (χ4n) is 2.75. The molecule has 2 unspecified atom stereocenters. The molecule has 2 rings (SSSR count). The lowest BCUT2D eigenvalue weighted by molar-refractivity contribution is -0.117. The van der Waals surface area contributed by atoms with E-state index in [2.05, 4.69) is 13.2 Å². The molecule has 2 N–H and O–H groups in total. The van der Waals surface area contributed by atoms with E-state index >= 15 is 0 Å². The van der Waals surface area contributed by atoms with Gasteiger partial charge in [0.05, 0.1) is 12.2 Å². The van der Waals surface area contributed by atoms with Crippen LogP contribution >= 0.6 is 0 Å². The highest BCUT2D eigenvalue weighted by molar-refractivity contribution is 5.89. The molecule has 0 aromatic heterocycles. The monoisotopic (exact) mass is 410 g/mol. The summed E-state index contributed by atoms with van der Waals surface area (Å²) >= 11 is 0. The zero-order chi connectivity index (χ0) is 21.9. The second kappa shape index (κ2) is 11.7. The zero-order valence-electron chi connectivity index (χ0n) is 16.7. The average Bonchev–Trinajstić information content (AvgIpc) is 2.76. The van der Waals surface area contributed by atoms with Gasteiger partial charge in [-0.15, -0.1) is 0 Å². The standard InChI is InChI=1S/C24H26O6/c1-3-17(25)13-19(27)15-29-23-11-7-5-9-21(23)22-10-6-8-12-24(22)30-16-20(28)14-18(26)4-2/h3-12,19-20,27-28H,1-2,13-16H2. The fourth-order valence-corrected chi connectivity index (χ4v) is 2.75. The quantitative estimate of drug-likeness (QED) is 0.493. The molecular weight excluding hydrogens is 384 g/mol. The van der Waals surface area contributed by atoms with Crippen molar-refractivity contribution in [3.8, 4) is 22.6 Å². The molecule has 0 spiro atoms. The number of hydrogen-bond acceptors (Lipinski definition) is 6. The lowest BCUT2D eigenvalue weighted by Gasteiger charge is -2.17. The van der Waals surface area contributed by atoms with Crippen molar-refractivity contribution < 1.29 is 29.3 Å². The Balaban J connectivity index is 2.14. The zero-order valence-corrected chi connectivity index (χ0v) is 16.7. The summed E-state index contributed by atoms with van der Waals surface area (Å²) in [7, 11) is 0.